The van der Waals surface area contributed by atoms with Crippen LogP contribution in [0, 0.1) is 0 Å². The average Bonchev–Trinajstić information content (AvgIpc) is 3.46. The molecule has 5 aromatic rings. The zero-order valence-electron chi connectivity index (χ0n) is 15.3. The minimum absolute atomic E-state index is 0.556. The highest BCUT2D eigenvalue weighted by Gasteiger charge is 2.12. The maximum absolute atomic E-state index is 5.11. The molecule has 5 aromatic heterocycles. The van der Waals surface area contributed by atoms with Crippen molar-refractivity contribution in [3.8, 4) is 11.4 Å². The minimum atomic E-state index is 0.556. The van der Waals surface area contributed by atoms with Crippen molar-refractivity contribution in [1.82, 2.24) is 39.5 Å². The second kappa shape index (κ2) is 6.86. The van der Waals surface area contributed by atoms with Crippen LogP contribution in [0.2, 0.25) is 0 Å². The second-order valence-corrected chi connectivity index (χ2v) is 6.49. The third kappa shape index (κ3) is 2.91. The lowest BCUT2D eigenvalue weighted by molar-refractivity contribution is 0.187. The van der Waals surface area contributed by atoms with Crippen molar-refractivity contribution < 1.29 is 4.74 Å². The molecule has 140 valence electrons. The Morgan fingerprint density at radius 3 is 3.04 bits per heavy atom. The fraction of sp³-hybridized carbons (Fsp3) is 0.211. The van der Waals surface area contributed by atoms with Crippen molar-refractivity contribution in [1.29, 1.82) is 0 Å². The van der Waals surface area contributed by atoms with Gasteiger partial charge in [-0.3, -0.25) is 0 Å². The van der Waals surface area contributed by atoms with Crippen LogP contribution < -0.4 is 0 Å². The van der Waals surface area contributed by atoms with Gasteiger partial charge in [-0.25, -0.2) is 19.6 Å². The molecule has 5 heterocycles. The van der Waals surface area contributed by atoms with Crippen LogP contribution in [0.15, 0.2) is 49.2 Å². The summed E-state index contributed by atoms with van der Waals surface area (Å²) < 4.78 is 8.90. The minimum Gasteiger partial charge on any atom is -0.383 e. The van der Waals surface area contributed by atoms with Crippen LogP contribution in [-0.2, 0) is 17.8 Å². The van der Waals surface area contributed by atoms with Gasteiger partial charge in [-0.15, -0.1) is 5.10 Å². The van der Waals surface area contributed by atoms with Gasteiger partial charge < -0.3 is 14.3 Å². The maximum Gasteiger partial charge on any atom is 0.179 e. The van der Waals surface area contributed by atoms with Crippen molar-refractivity contribution >= 4 is 22.2 Å². The van der Waals surface area contributed by atoms with E-state index in [0.717, 1.165) is 45.7 Å². The molecule has 0 atom stereocenters. The molecule has 0 aromatic carbocycles. The van der Waals surface area contributed by atoms with Crippen LogP contribution in [0.4, 0.5) is 0 Å². The summed E-state index contributed by atoms with van der Waals surface area (Å²) in [5.41, 5.74) is 5.01. The zero-order valence-corrected chi connectivity index (χ0v) is 15.3. The zero-order chi connectivity index (χ0) is 18.9. The summed E-state index contributed by atoms with van der Waals surface area (Å²) >= 11 is 0. The summed E-state index contributed by atoms with van der Waals surface area (Å²) in [5, 5.41) is 9.60. The summed E-state index contributed by atoms with van der Waals surface area (Å²) in [5.74, 6) is 0. The molecule has 0 fully saturated rings. The molecular weight excluding hydrogens is 356 g/mol. The van der Waals surface area contributed by atoms with Gasteiger partial charge in [-0.05, 0) is 24.3 Å². The topological polar surface area (TPSA) is 99.3 Å². The molecule has 0 amide bonds. The molecule has 9 heteroatoms. The molecule has 0 aliphatic heterocycles. The highest BCUT2D eigenvalue weighted by atomic mass is 16.5. The predicted octanol–water partition coefficient (Wildman–Crippen LogP) is 2.26. The second-order valence-electron chi connectivity index (χ2n) is 6.49. The summed E-state index contributed by atoms with van der Waals surface area (Å²) in [6.45, 7) is 1.94. The number of imidazole rings is 1. The van der Waals surface area contributed by atoms with Crippen molar-refractivity contribution in [2.75, 3.05) is 13.7 Å². The fourth-order valence-electron chi connectivity index (χ4n) is 3.22. The SMILES string of the molecule is COCCn1cnc(-c2ccc3nnn(Cc4c[nH]c5ncccc45)c3n2)c1. The van der Waals surface area contributed by atoms with E-state index in [-0.39, 0.29) is 0 Å². The monoisotopic (exact) mass is 374 g/mol. The van der Waals surface area contributed by atoms with Crippen LogP contribution in [0.3, 0.4) is 0 Å². The van der Waals surface area contributed by atoms with E-state index in [1.165, 1.54) is 0 Å². The Bertz CT molecular complexity index is 1250. The van der Waals surface area contributed by atoms with Crippen molar-refractivity contribution in [3.05, 3.63) is 54.7 Å². The molecule has 0 unspecified atom stereocenters. The summed E-state index contributed by atoms with van der Waals surface area (Å²) in [6, 6.07) is 7.81. The highest BCUT2D eigenvalue weighted by molar-refractivity contribution is 5.80. The molecule has 0 aliphatic carbocycles. The first-order valence-corrected chi connectivity index (χ1v) is 8.94. The van der Waals surface area contributed by atoms with Crippen LogP contribution in [0.1, 0.15) is 5.56 Å². The molecule has 0 saturated heterocycles. The number of fused-ring (bicyclic) bond motifs is 2. The van der Waals surface area contributed by atoms with Crippen molar-refractivity contribution in [3.63, 3.8) is 0 Å². The van der Waals surface area contributed by atoms with Gasteiger partial charge in [0.25, 0.3) is 0 Å². The van der Waals surface area contributed by atoms with Crippen LogP contribution in [0.25, 0.3) is 33.6 Å². The van der Waals surface area contributed by atoms with E-state index in [2.05, 4.69) is 25.3 Å². The first kappa shape index (κ1) is 16.6. The Morgan fingerprint density at radius 2 is 2.11 bits per heavy atom. The van der Waals surface area contributed by atoms with E-state index >= 15 is 0 Å². The smallest absolute Gasteiger partial charge is 0.179 e. The Kier molecular flexibility index (Phi) is 4.06. The molecule has 9 nitrogen and oxygen atoms in total. The molecule has 0 spiro atoms. The van der Waals surface area contributed by atoms with Gasteiger partial charge in [0, 0.05) is 43.2 Å². The van der Waals surface area contributed by atoms with Crippen LogP contribution in [0.5, 0.6) is 0 Å². The van der Waals surface area contributed by atoms with Gasteiger partial charge in [0.15, 0.2) is 5.65 Å². The molecule has 0 bridgehead atoms. The third-order valence-electron chi connectivity index (χ3n) is 4.67. The number of hydrogen-bond donors (Lipinski definition) is 1. The molecule has 0 aliphatic rings. The Morgan fingerprint density at radius 1 is 1.14 bits per heavy atom. The molecule has 5 rings (SSSR count). The summed E-state index contributed by atoms with van der Waals surface area (Å²) in [4.78, 5) is 16.7. The summed E-state index contributed by atoms with van der Waals surface area (Å²) in [6.07, 6.45) is 7.47. The number of ether oxygens (including phenoxy) is 1. The van der Waals surface area contributed by atoms with Gasteiger partial charge in [0.05, 0.1) is 25.2 Å². The quantitative estimate of drug-likeness (QED) is 0.489. The molecule has 1 N–H and O–H groups in total. The van der Waals surface area contributed by atoms with Gasteiger partial charge in [0.2, 0.25) is 0 Å². The number of aromatic nitrogens is 8. The van der Waals surface area contributed by atoms with E-state index in [0.29, 0.717) is 13.2 Å². The number of methoxy groups -OCH3 is 1. The molecule has 28 heavy (non-hydrogen) atoms. The number of rotatable bonds is 6. The Hall–Kier alpha value is -3.59. The van der Waals surface area contributed by atoms with Gasteiger partial charge in [-0.2, -0.15) is 0 Å². The van der Waals surface area contributed by atoms with E-state index in [1.807, 2.05) is 41.2 Å². The third-order valence-corrected chi connectivity index (χ3v) is 4.67. The molecular formula is C19H18N8O. The van der Waals surface area contributed by atoms with E-state index < -0.39 is 0 Å². The van der Waals surface area contributed by atoms with Crippen molar-refractivity contribution in [2.24, 2.45) is 0 Å². The molecule has 0 saturated carbocycles. The number of nitrogens with zero attached hydrogens (tertiary/aromatic N) is 7. The van der Waals surface area contributed by atoms with Gasteiger partial charge in [-0.1, -0.05) is 5.21 Å². The van der Waals surface area contributed by atoms with E-state index in [1.54, 1.807) is 24.3 Å². The number of H-pyrrole nitrogens is 1. The first-order valence-electron chi connectivity index (χ1n) is 8.94. The Balaban J connectivity index is 1.49. The van der Waals surface area contributed by atoms with Crippen LogP contribution >= 0.6 is 0 Å². The molecule has 0 radical (unpaired) electrons. The average molecular weight is 374 g/mol. The standard InChI is InChI=1S/C19H18N8O/c1-28-8-7-26-11-17(22-12-26)15-4-5-16-19(23-15)27(25-24-16)10-13-9-21-18-14(13)3-2-6-20-18/h2-6,9,11-12H,7-8,10H2,1H3,(H,20,21). The van der Waals surface area contributed by atoms with Gasteiger partial charge >= 0.3 is 0 Å². The predicted molar refractivity (Wildman–Crippen MR) is 104 cm³/mol. The summed E-state index contributed by atoms with van der Waals surface area (Å²) in [7, 11) is 1.69. The van der Waals surface area contributed by atoms with E-state index in [4.69, 9.17) is 9.72 Å². The van der Waals surface area contributed by atoms with Crippen LogP contribution in [-0.4, -0.2) is 53.2 Å². The lowest BCUT2D eigenvalue weighted by Gasteiger charge is -2.02. The maximum atomic E-state index is 5.11. The number of hydrogen-bond acceptors (Lipinski definition) is 6. The van der Waals surface area contributed by atoms with Gasteiger partial charge in [0.1, 0.15) is 16.9 Å². The number of nitrogens with one attached hydrogen (secondary N) is 1. The number of aromatic amines is 1. The van der Waals surface area contributed by atoms with E-state index in [9.17, 15) is 0 Å². The Labute approximate surface area is 160 Å². The lowest BCUT2D eigenvalue weighted by atomic mass is 10.2. The lowest BCUT2D eigenvalue weighted by Crippen LogP contribution is -2.03. The highest BCUT2D eigenvalue weighted by Crippen LogP contribution is 2.21. The van der Waals surface area contributed by atoms with Crippen molar-refractivity contribution in [2.45, 2.75) is 13.1 Å². The number of pyridine rings is 2. The normalized spacial score (nSPS) is 11.6. The fourth-order valence-corrected chi connectivity index (χ4v) is 3.22. The first-order chi connectivity index (χ1) is 13.8. The largest absolute Gasteiger partial charge is 0.383 e.